The first-order chi connectivity index (χ1) is 19.9. The Bertz CT molecular complexity index is 1470. The third kappa shape index (κ3) is 8.69. The third-order valence-electron chi connectivity index (χ3n) is 6.42. The molecule has 0 fully saturated rings. The predicted octanol–water partition coefficient (Wildman–Crippen LogP) is 3.50. The molecule has 3 aromatic carbocycles. The second-order valence-corrected chi connectivity index (χ2v) is 9.48. The third-order valence-corrected chi connectivity index (χ3v) is 6.42. The summed E-state index contributed by atoms with van der Waals surface area (Å²) in [5.74, 6) is -1.96. The number of aromatic amines is 1. The van der Waals surface area contributed by atoms with Crippen LogP contribution in [0.25, 0.3) is 10.9 Å². The van der Waals surface area contributed by atoms with Crippen molar-refractivity contribution in [3.05, 3.63) is 108 Å². The summed E-state index contributed by atoms with van der Waals surface area (Å²) in [7, 11) is 0. The number of aromatic nitrogens is 1. The Balaban J connectivity index is 1.48. The average Bonchev–Trinajstić information content (AvgIpc) is 3.40. The van der Waals surface area contributed by atoms with Crippen LogP contribution in [0.5, 0.6) is 0 Å². The fourth-order valence-corrected chi connectivity index (χ4v) is 4.28. The number of esters is 1. The van der Waals surface area contributed by atoms with Gasteiger partial charge < -0.3 is 30.8 Å². The number of nitrogens with one attached hydrogen (secondary N) is 3. The molecule has 0 spiro atoms. The van der Waals surface area contributed by atoms with Gasteiger partial charge in [-0.1, -0.05) is 78.9 Å². The number of H-pyrrole nitrogens is 1. The van der Waals surface area contributed by atoms with E-state index in [1.807, 2.05) is 72.8 Å². The highest BCUT2D eigenvalue weighted by Gasteiger charge is 2.29. The summed E-state index contributed by atoms with van der Waals surface area (Å²) in [4.78, 5) is 53.8. The summed E-state index contributed by atoms with van der Waals surface area (Å²) in [6.07, 6.45) is 0.809. The van der Waals surface area contributed by atoms with Crippen molar-refractivity contribution in [2.45, 2.75) is 44.6 Å². The second kappa shape index (κ2) is 14.3. The number of ether oxygens (including phenoxy) is 2. The standard InChI is InChI=1S/C31H32N4O6/c32-28(36)16-15-26(35-31(39)41-20-22-11-5-2-6-12-22)29(37)34-27(30(38)40-19-21-9-3-1-4-10-21)17-23-18-33-25-14-8-7-13-24(23)25/h1-14,18,26-27,33H,15-17,19-20H2,(H2,32,36)(H,34,37)(H,35,39)/t26-,27-/m0/s1. The maximum Gasteiger partial charge on any atom is 0.408 e. The summed E-state index contributed by atoms with van der Waals surface area (Å²) in [5.41, 5.74) is 8.54. The molecule has 4 rings (SSSR count). The minimum Gasteiger partial charge on any atom is -0.459 e. The quantitative estimate of drug-likeness (QED) is 0.185. The number of benzene rings is 3. The Kier molecular flexibility index (Phi) is 10.1. The molecule has 0 saturated carbocycles. The molecular formula is C31H32N4O6. The maximum atomic E-state index is 13.4. The van der Waals surface area contributed by atoms with E-state index in [9.17, 15) is 19.2 Å². The van der Waals surface area contributed by atoms with Gasteiger partial charge in [-0.25, -0.2) is 9.59 Å². The van der Waals surface area contributed by atoms with Gasteiger partial charge in [-0.2, -0.15) is 0 Å². The number of carbonyl (C=O) groups is 4. The lowest BCUT2D eigenvalue weighted by Gasteiger charge is -2.22. The number of para-hydroxylation sites is 1. The van der Waals surface area contributed by atoms with E-state index >= 15 is 0 Å². The van der Waals surface area contributed by atoms with Crippen LogP contribution in [0.2, 0.25) is 0 Å². The first-order valence-electron chi connectivity index (χ1n) is 13.2. The number of carbonyl (C=O) groups excluding carboxylic acids is 4. The van der Waals surface area contributed by atoms with Crippen LogP contribution in [0, 0.1) is 0 Å². The number of nitrogens with two attached hydrogens (primary N) is 1. The van der Waals surface area contributed by atoms with Gasteiger partial charge in [0.1, 0.15) is 25.3 Å². The minimum absolute atomic E-state index is 0.00810. The van der Waals surface area contributed by atoms with Crippen molar-refractivity contribution in [3.63, 3.8) is 0 Å². The highest BCUT2D eigenvalue weighted by Crippen LogP contribution is 2.20. The van der Waals surface area contributed by atoms with E-state index in [4.69, 9.17) is 15.2 Å². The molecule has 1 heterocycles. The minimum atomic E-state index is -1.18. The molecule has 10 nitrogen and oxygen atoms in total. The molecule has 5 N–H and O–H groups in total. The zero-order chi connectivity index (χ0) is 29.0. The number of primary amides is 1. The van der Waals surface area contributed by atoms with Crippen molar-refractivity contribution >= 4 is 34.8 Å². The number of alkyl carbamates (subject to hydrolysis) is 1. The molecular weight excluding hydrogens is 524 g/mol. The summed E-state index contributed by atoms with van der Waals surface area (Å²) in [5, 5.41) is 6.10. The zero-order valence-corrected chi connectivity index (χ0v) is 22.4. The SMILES string of the molecule is NC(=O)CC[C@H](NC(=O)OCc1ccccc1)C(=O)N[C@@H](Cc1c[nH]c2ccccc12)C(=O)OCc1ccccc1. The lowest BCUT2D eigenvalue weighted by atomic mass is 10.0. The van der Waals surface area contributed by atoms with Gasteiger partial charge in [0.25, 0.3) is 0 Å². The summed E-state index contributed by atoms with van der Waals surface area (Å²) < 4.78 is 10.8. The molecule has 0 aliphatic heterocycles. The first kappa shape index (κ1) is 28.9. The Morgan fingerprint density at radius 2 is 1.37 bits per heavy atom. The molecule has 0 unspecified atom stereocenters. The largest absolute Gasteiger partial charge is 0.459 e. The van der Waals surface area contributed by atoms with Gasteiger partial charge in [-0.05, 0) is 29.2 Å². The topological polar surface area (TPSA) is 153 Å². The van der Waals surface area contributed by atoms with Gasteiger partial charge in [-0.3, -0.25) is 9.59 Å². The summed E-state index contributed by atoms with van der Waals surface area (Å²) in [6, 6.07) is 23.5. The highest BCUT2D eigenvalue weighted by atomic mass is 16.5. The van der Waals surface area contributed by atoms with Crippen LogP contribution >= 0.6 is 0 Å². The predicted molar refractivity (Wildman–Crippen MR) is 152 cm³/mol. The van der Waals surface area contributed by atoms with Crippen molar-refractivity contribution in [2.24, 2.45) is 5.73 Å². The molecule has 4 aromatic rings. The molecule has 0 aliphatic carbocycles. The van der Waals surface area contributed by atoms with Crippen LogP contribution in [-0.4, -0.2) is 40.9 Å². The fraction of sp³-hybridized carbons (Fsp3) is 0.226. The zero-order valence-electron chi connectivity index (χ0n) is 22.4. The number of rotatable bonds is 13. The molecule has 2 atom stereocenters. The monoisotopic (exact) mass is 556 g/mol. The Labute approximate surface area is 237 Å². The van der Waals surface area contributed by atoms with Crippen LogP contribution in [0.1, 0.15) is 29.5 Å². The van der Waals surface area contributed by atoms with E-state index in [1.54, 1.807) is 18.3 Å². The molecule has 0 saturated heterocycles. The summed E-state index contributed by atoms with van der Waals surface area (Å²) in [6.45, 7) is 0.0148. The summed E-state index contributed by atoms with van der Waals surface area (Å²) >= 11 is 0. The molecule has 41 heavy (non-hydrogen) atoms. The number of hydrogen-bond donors (Lipinski definition) is 4. The molecule has 0 aliphatic rings. The van der Waals surface area contributed by atoms with Crippen LogP contribution in [-0.2, 0) is 43.5 Å². The maximum absolute atomic E-state index is 13.4. The van der Waals surface area contributed by atoms with Crippen LogP contribution < -0.4 is 16.4 Å². The van der Waals surface area contributed by atoms with Crippen molar-refractivity contribution < 1.29 is 28.7 Å². The van der Waals surface area contributed by atoms with E-state index in [-0.39, 0.29) is 32.5 Å². The number of fused-ring (bicyclic) bond motifs is 1. The van der Waals surface area contributed by atoms with E-state index in [0.717, 1.165) is 27.6 Å². The van der Waals surface area contributed by atoms with Gasteiger partial charge >= 0.3 is 12.1 Å². The lowest BCUT2D eigenvalue weighted by molar-refractivity contribution is -0.149. The van der Waals surface area contributed by atoms with Crippen molar-refractivity contribution in [1.82, 2.24) is 15.6 Å². The molecule has 10 heteroatoms. The van der Waals surface area contributed by atoms with Gasteiger partial charge in [0.05, 0.1) is 0 Å². The first-order valence-corrected chi connectivity index (χ1v) is 13.2. The van der Waals surface area contributed by atoms with E-state index in [0.29, 0.717) is 0 Å². The smallest absolute Gasteiger partial charge is 0.408 e. The van der Waals surface area contributed by atoms with Gasteiger partial charge in [-0.15, -0.1) is 0 Å². The Hall–Kier alpha value is -5.12. The van der Waals surface area contributed by atoms with E-state index < -0.39 is 36.0 Å². The molecule has 1 aromatic heterocycles. The van der Waals surface area contributed by atoms with Crippen molar-refractivity contribution in [2.75, 3.05) is 0 Å². The average molecular weight is 557 g/mol. The van der Waals surface area contributed by atoms with Crippen molar-refractivity contribution in [3.8, 4) is 0 Å². The van der Waals surface area contributed by atoms with Crippen molar-refractivity contribution in [1.29, 1.82) is 0 Å². The lowest BCUT2D eigenvalue weighted by Crippen LogP contribution is -2.52. The highest BCUT2D eigenvalue weighted by molar-refractivity contribution is 5.91. The molecule has 3 amide bonds. The molecule has 0 radical (unpaired) electrons. The molecule has 0 bridgehead atoms. The number of hydrogen-bond acceptors (Lipinski definition) is 6. The van der Waals surface area contributed by atoms with Gasteiger partial charge in [0.15, 0.2) is 0 Å². The fourth-order valence-electron chi connectivity index (χ4n) is 4.28. The van der Waals surface area contributed by atoms with Gasteiger partial charge in [0.2, 0.25) is 11.8 Å². The Morgan fingerprint density at radius 3 is 2.02 bits per heavy atom. The normalized spacial score (nSPS) is 12.2. The van der Waals surface area contributed by atoms with Crippen LogP contribution in [0.4, 0.5) is 4.79 Å². The number of amides is 3. The Morgan fingerprint density at radius 1 is 0.756 bits per heavy atom. The van der Waals surface area contributed by atoms with Crippen LogP contribution in [0.3, 0.4) is 0 Å². The second-order valence-electron chi connectivity index (χ2n) is 9.48. The van der Waals surface area contributed by atoms with E-state index in [2.05, 4.69) is 15.6 Å². The van der Waals surface area contributed by atoms with Gasteiger partial charge in [0, 0.05) is 29.9 Å². The van der Waals surface area contributed by atoms with E-state index in [1.165, 1.54) is 0 Å². The molecule has 212 valence electrons. The van der Waals surface area contributed by atoms with Crippen LogP contribution in [0.15, 0.2) is 91.1 Å².